The second-order valence-corrected chi connectivity index (χ2v) is 3.55. The SMILES string of the molecule is CC(N)CNC(C)CN(C)C. The maximum atomic E-state index is 5.60. The van der Waals surface area contributed by atoms with Crippen molar-refractivity contribution in [1.29, 1.82) is 0 Å². The molecule has 0 aromatic carbocycles. The molecular formula is C8H21N3. The highest BCUT2D eigenvalue weighted by Gasteiger charge is 2.02. The van der Waals surface area contributed by atoms with Crippen LogP contribution in [0.25, 0.3) is 0 Å². The highest BCUT2D eigenvalue weighted by atomic mass is 15.1. The summed E-state index contributed by atoms with van der Waals surface area (Å²) in [5.41, 5.74) is 5.60. The lowest BCUT2D eigenvalue weighted by Crippen LogP contribution is -2.41. The van der Waals surface area contributed by atoms with Gasteiger partial charge in [0.1, 0.15) is 0 Å². The predicted octanol–water partition coefficient (Wildman–Crippen LogP) is -0.127. The van der Waals surface area contributed by atoms with Gasteiger partial charge in [-0.3, -0.25) is 0 Å². The number of likely N-dealkylation sites (N-methyl/N-ethyl adjacent to an activating group) is 1. The molecular weight excluding hydrogens is 138 g/mol. The van der Waals surface area contributed by atoms with Crippen molar-refractivity contribution >= 4 is 0 Å². The molecule has 0 radical (unpaired) electrons. The van der Waals surface area contributed by atoms with Crippen LogP contribution < -0.4 is 11.1 Å². The van der Waals surface area contributed by atoms with E-state index in [1.54, 1.807) is 0 Å². The summed E-state index contributed by atoms with van der Waals surface area (Å²) in [5.74, 6) is 0. The molecule has 0 bridgehead atoms. The summed E-state index contributed by atoms with van der Waals surface area (Å²) in [6, 6.07) is 0.774. The van der Waals surface area contributed by atoms with Crippen molar-refractivity contribution in [3.05, 3.63) is 0 Å². The van der Waals surface area contributed by atoms with Gasteiger partial charge in [0.15, 0.2) is 0 Å². The molecule has 0 saturated heterocycles. The molecule has 0 aliphatic heterocycles. The summed E-state index contributed by atoms with van der Waals surface area (Å²) in [6.45, 7) is 6.14. The first-order valence-corrected chi connectivity index (χ1v) is 4.16. The predicted molar refractivity (Wildman–Crippen MR) is 49.7 cm³/mol. The fraction of sp³-hybridized carbons (Fsp3) is 1.00. The number of hydrogen-bond donors (Lipinski definition) is 2. The van der Waals surface area contributed by atoms with Gasteiger partial charge < -0.3 is 16.0 Å². The molecule has 2 unspecified atom stereocenters. The Hall–Kier alpha value is -0.120. The number of hydrogen-bond acceptors (Lipinski definition) is 3. The molecule has 0 rings (SSSR count). The van der Waals surface area contributed by atoms with Crippen molar-refractivity contribution in [2.75, 3.05) is 27.2 Å². The van der Waals surface area contributed by atoms with Crippen LogP contribution in [0, 0.1) is 0 Å². The second kappa shape index (κ2) is 5.52. The van der Waals surface area contributed by atoms with E-state index in [1.807, 2.05) is 6.92 Å². The Bertz CT molecular complexity index is 91.3. The standard InChI is InChI=1S/C8H21N3/c1-7(9)5-10-8(2)6-11(3)4/h7-8,10H,5-6,9H2,1-4H3. The van der Waals surface area contributed by atoms with Gasteiger partial charge in [0.25, 0.3) is 0 Å². The molecule has 11 heavy (non-hydrogen) atoms. The first-order chi connectivity index (χ1) is 5.02. The van der Waals surface area contributed by atoms with E-state index in [9.17, 15) is 0 Å². The molecule has 3 nitrogen and oxygen atoms in total. The van der Waals surface area contributed by atoms with Crippen LogP contribution in [0.15, 0.2) is 0 Å². The molecule has 0 amide bonds. The van der Waals surface area contributed by atoms with Crippen LogP contribution in [0.1, 0.15) is 13.8 Å². The van der Waals surface area contributed by atoms with Crippen molar-refractivity contribution in [2.45, 2.75) is 25.9 Å². The highest BCUT2D eigenvalue weighted by molar-refractivity contribution is 4.66. The molecule has 68 valence electrons. The molecule has 0 saturated carbocycles. The summed E-state index contributed by atoms with van der Waals surface area (Å²) < 4.78 is 0. The summed E-state index contributed by atoms with van der Waals surface area (Å²) >= 11 is 0. The van der Waals surface area contributed by atoms with Crippen molar-refractivity contribution in [3.63, 3.8) is 0 Å². The number of nitrogens with zero attached hydrogens (tertiary/aromatic N) is 1. The Balaban J connectivity index is 3.29. The van der Waals surface area contributed by atoms with Crippen LogP contribution in [0.5, 0.6) is 0 Å². The maximum Gasteiger partial charge on any atom is 0.0167 e. The van der Waals surface area contributed by atoms with Crippen LogP contribution >= 0.6 is 0 Å². The molecule has 0 aromatic heterocycles. The Labute approximate surface area is 69.9 Å². The summed E-state index contributed by atoms with van der Waals surface area (Å²) in [7, 11) is 4.15. The third-order valence-corrected chi connectivity index (χ3v) is 1.43. The molecule has 3 N–H and O–H groups in total. The molecule has 0 spiro atoms. The van der Waals surface area contributed by atoms with E-state index < -0.39 is 0 Å². The zero-order valence-corrected chi connectivity index (χ0v) is 8.09. The molecule has 0 aliphatic carbocycles. The average Bonchev–Trinajstić information content (AvgIpc) is 1.82. The van der Waals surface area contributed by atoms with Gasteiger partial charge in [-0.25, -0.2) is 0 Å². The smallest absolute Gasteiger partial charge is 0.0167 e. The van der Waals surface area contributed by atoms with Gasteiger partial charge >= 0.3 is 0 Å². The van der Waals surface area contributed by atoms with Gasteiger partial charge in [-0.05, 0) is 27.9 Å². The Kier molecular flexibility index (Phi) is 5.46. The topological polar surface area (TPSA) is 41.3 Å². The molecule has 0 fully saturated rings. The molecule has 2 atom stereocenters. The fourth-order valence-corrected chi connectivity index (χ4v) is 0.999. The lowest BCUT2D eigenvalue weighted by molar-refractivity contribution is 0.347. The van der Waals surface area contributed by atoms with Crippen molar-refractivity contribution < 1.29 is 0 Å². The fourth-order valence-electron chi connectivity index (χ4n) is 0.999. The average molecular weight is 159 g/mol. The van der Waals surface area contributed by atoms with Crippen LogP contribution in [-0.4, -0.2) is 44.2 Å². The van der Waals surface area contributed by atoms with Gasteiger partial charge in [-0.15, -0.1) is 0 Å². The third-order valence-electron chi connectivity index (χ3n) is 1.43. The van der Waals surface area contributed by atoms with Crippen LogP contribution in [0.2, 0.25) is 0 Å². The lowest BCUT2D eigenvalue weighted by atomic mass is 10.3. The van der Waals surface area contributed by atoms with E-state index in [1.165, 1.54) is 0 Å². The van der Waals surface area contributed by atoms with E-state index in [4.69, 9.17) is 5.73 Å². The van der Waals surface area contributed by atoms with Crippen LogP contribution in [0.4, 0.5) is 0 Å². The van der Waals surface area contributed by atoms with Crippen LogP contribution in [-0.2, 0) is 0 Å². The number of rotatable bonds is 5. The molecule has 0 heterocycles. The first-order valence-electron chi connectivity index (χ1n) is 4.16. The highest BCUT2D eigenvalue weighted by Crippen LogP contribution is 1.84. The van der Waals surface area contributed by atoms with Gasteiger partial charge in [-0.2, -0.15) is 0 Å². The number of nitrogens with one attached hydrogen (secondary N) is 1. The Morgan fingerprint density at radius 3 is 2.27 bits per heavy atom. The zero-order valence-electron chi connectivity index (χ0n) is 8.09. The van der Waals surface area contributed by atoms with Gasteiger partial charge in [0, 0.05) is 25.2 Å². The third kappa shape index (κ3) is 7.78. The van der Waals surface area contributed by atoms with E-state index in [2.05, 4.69) is 31.2 Å². The van der Waals surface area contributed by atoms with Gasteiger partial charge in [0.05, 0.1) is 0 Å². The Morgan fingerprint density at radius 2 is 1.91 bits per heavy atom. The maximum absolute atomic E-state index is 5.60. The molecule has 3 heteroatoms. The number of nitrogens with two attached hydrogens (primary N) is 1. The molecule has 0 aliphatic rings. The lowest BCUT2D eigenvalue weighted by Gasteiger charge is -2.19. The zero-order chi connectivity index (χ0) is 8.85. The summed E-state index contributed by atoms with van der Waals surface area (Å²) in [6.07, 6.45) is 0. The van der Waals surface area contributed by atoms with E-state index in [0.717, 1.165) is 13.1 Å². The van der Waals surface area contributed by atoms with Crippen molar-refractivity contribution in [2.24, 2.45) is 5.73 Å². The van der Waals surface area contributed by atoms with Gasteiger partial charge in [0.2, 0.25) is 0 Å². The quantitative estimate of drug-likeness (QED) is 0.587. The summed E-state index contributed by atoms with van der Waals surface area (Å²) in [5, 5.41) is 3.35. The van der Waals surface area contributed by atoms with E-state index in [-0.39, 0.29) is 6.04 Å². The largest absolute Gasteiger partial charge is 0.327 e. The van der Waals surface area contributed by atoms with Crippen molar-refractivity contribution in [1.82, 2.24) is 10.2 Å². The Morgan fingerprint density at radius 1 is 1.36 bits per heavy atom. The molecule has 0 aromatic rings. The summed E-state index contributed by atoms with van der Waals surface area (Å²) in [4.78, 5) is 2.17. The van der Waals surface area contributed by atoms with Crippen LogP contribution in [0.3, 0.4) is 0 Å². The normalized spacial score (nSPS) is 16.9. The van der Waals surface area contributed by atoms with Crippen molar-refractivity contribution in [3.8, 4) is 0 Å². The second-order valence-electron chi connectivity index (χ2n) is 3.55. The van der Waals surface area contributed by atoms with E-state index in [0.29, 0.717) is 6.04 Å². The first kappa shape index (κ1) is 10.9. The minimum absolute atomic E-state index is 0.250. The minimum atomic E-state index is 0.250. The minimum Gasteiger partial charge on any atom is -0.327 e. The van der Waals surface area contributed by atoms with E-state index >= 15 is 0 Å². The monoisotopic (exact) mass is 159 g/mol. The van der Waals surface area contributed by atoms with Gasteiger partial charge in [-0.1, -0.05) is 0 Å².